The molecule has 0 aliphatic carbocycles. The number of halogens is 2. The van der Waals surface area contributed by atoms with Gasteiger partial charge in [0.1, 0.15) is 5.75 Å². The molecule has 0 bridgehead atoms. The number of hydrogen-bond donors (Lipinski definition) is 1. The minimum absolute atomic E-state index is 0.0886. The van der Waals surface area contributed by atoms with E-state index >= 15 is 0 Å². The monoisotopic (exact) mass is 467 g/mol. The lowest BCUT2D eigenvalue weighted by Crippen LogP contribution is -2.19. The Kier molecular flexibility index (Phi) is 5.01. The first-order valence-electron chi connectivity index (χ1n) is 7.46. The van der Waals surface area contributed by atoms with Crippen molar-refractivity contribution in [3.63, 3.8) is 0 Å². The molecule has 1 heterocycles. The summed E-state index contributed by atoms with van der Waals surface area (Å²) in [7, 11) is 1.81. The number of rotatable bonds is 3. The highest BCUT2D eigenvalue weighted by atomic mass is 127. The van der Waals surface area contributed by atoms with Crippen LogP contribution in [0.1, 0.15) is 11.3 Å². The molecule has 0 saturated heterocycles. The highest BCUT2D eigenvalue weighted by Gasteiger charge is 2.15. The van der Waals surface area contributed by atoms with E-state index in [4.69, 9.17) is 11.6 Å². The highest BCUT2D eigenvalue weighted by molar-refractivity contribution is 14.1. The van der Waals surface area contributed by atoms with Crippen molar-refractivity contribution in [2.45, 2.75) is 6.92 Å². The number of aliphatic imine (C=N–C) groups is 1. The SMILES string of the molecule is Cc1c(N=Cc2cc(Cl)cc(I)c2O)c(=O)n(-c2ccccc2)n1C. The van der Waals surface area contributed by atoms with Gasteiger partial charge in [0.25, 0.3) is 5.56 Å². The molecule has 0 unspecified atom stereocenters. The van der Waals surface area contributed by atoms with Crippen LogP contribution in [-0.4, -0.2) is 20.7 Å². The van der Waals surface area contributed by atoms with Gasteiger partial charge in [-0.15, -0.1) is 0 Å². The third kappa shape index (κ3) is 3.36. The summed E-state index contributed by atoms with van der Waals surface area (Å²) in [4.78, 5) is 17.1. The van der Waals surface area contributed by atoms with Crippen LogP contribution in [0.25, 0.3) is 5.69 Å². The van der Waals surface area contributed by atoms with Crippen LogP contribution in [0.3, 0.4) is 0 Å². The Bertz CT molecular complexity index is 1020. The lowest BCUT2D eigenvalue weighted by molar-refractivity contribution is 0.470. The van der Waals surface area contributed by atoms with Crippen molar-refractivity contribution in [3.05, 3.63) is 72.7 Å². The molecule has 2 aromatic carbocycles. The van der Waals surface area contributed by atoms with Crippen molar-refractivity contribution in [3.8, 4) is 11.4 Å². The first kappa shape index (κ1) is 17.8. The molecule has 25 heavy (non-hydrogen) atoms. The van der Waals surface area contributed by atoms with Crippen molar-refractivity contribution in [1.82, 2.24) is 9.36 Å². The number of nitrogens with zero attached hydrogens (tertiary/aromatic N) is 3. The van der Waals surface area contributed by atoms with Gasteiger partial charge in [-0.05, 0) is 53.8 Å². The minimum Gasteiger partial charge on any atom is -0.506 e. The van der Waals surface area contributed by atoms with Crippen LogP contribution in [0.15, 0.2) is 52.3 Å². The molecule has 0 fully saturated rings. The minimum atomic E-state index is -0.223. The fraction of sp³-hybridized carbons (Fsp3) is 0.111. The average Bonchev–Trinajstić information content (AvgIpc) is 2.80. The zero-order chi connectivity index (χ0) is 18.1. The Morgan fingerprint density at radius 2 is 1.92 bits per heavy atom. The maximum Gasteiger partial charge on any atom is 0.297 e. The lowest BCUT2D eigenvalue weighted by atomic mass is 10.2. The maximum atomic E-state index is 12.8. The molecule has 0 atom stereocenters. The van der Waals surface area contributed by atoms with Gasteiger partial charge in [-0.25, -0.2) is 9.67 Å². The third-order valence-corrected chi connectivity index (χ3v) is 4.95. The molecule has 0 spiro atoms. The van der Waals surface area contributed by atoms with E-state index in [-0.39, 0.29) is 11.3 Å². The second-order valence-corrected chi connectivity index (χ2v) is 7.09. The Hall–Kier alpha value is -2.06. The van der Waals surface area contributed by atoms with Gasteiger partial charge < -0.3 is 5.11 Å². The normalized spacial score (nSPS) is 11.4. The number of benzene rings is 2. The Labute approximate surface area is 163 Å². The summed E-state index contributed by atoms with van der Waals surface area (Å²) in [5.41, 5.74) is 2.05. The van der Waals surface area contributed by atoms with Gasteiger partial charge in [0.05, 0.1) is 15.0 Å². The third-order valence-electron chi connectivity index (χ3n) is 3.91. The molecule has 1 N–H and O–H groups in total. The van der Waals surface area contributed by atoms with Crippen molar-refractivity contribution in [2.75, 3.05) is 0 Å². The first-order valence-corrected chi connectivity index (χ1v) is 8.92. The van der Waals surface area contributed by atoms with Gasteiger partial charge >= 0.3 is 0 Å². The van der Waals surface area contributed by atoms with Gasteiger partial charge in [-0.1, -0.05) is 29.8 Å². The largest absolute Gasteiger partial charge is 0.506 e. The predicted octanol–water partition coefficient (Wildman–Crippen LogP) is 4.20. The Morgan fingerprint density at radius 1 is 1.24 bits per heavy atom. The summed E-state index contributed by atoms with van der Waals surface area (Å²) in [6.45, 7) is 1.83. The van der Waals surface area contributed by atoms with Crippen molar-refractivity contribution in [1.29, 1.82) is 0 Å². The van der Waals surface area contributed by atoms with E-state index in [9.17, 15) is 9.90 Å². The van der Waals surface area contributed by atoms with E-state index in [2.05, 4.69) is 4.99 Å². The van der Waals surface area contributed by atoms with E-state index < -0.39 is 0 Å². The number of aromatic nitrogens is 2. The van der Waals surface area contributed by atoms with Crippen LogP contribution in [-0.2, 0) is 7.05 Å². The fourth-order valence-electron chi connectivity index (χ4n) is 2.52. The lowest BCUT2D eigenvalue weighted by Gasteiger charge is -2.07. The molecule has 0 aliphatic heterocycles. The zero-order valence-electron chi connectivity index (χ0n) is 13.6. The van der Waals surface area contributed by atoms with Gasteiger partial charge in [0.15, 0.2) is 5.69 Å². The number of aromatic hydroxyl groups is 1. The van der Waals surface area contributed by atoms with Crippen LogP contribution in [0.5, 0.6) is 5.75 Å². The Morgan fingerprint density at radius 3 is 2.60 bits per heavy atom. The molecule has 0 saturated carbocycles. The topological polar surface area (TPSA) is 59.5 Å². The van der Waals surface area contributed by atoms with Gasteiger partial charge in [-0.3, -0.25) is 9.48 Å². The molecular formula is C18H15ClIN3O2. The van der Waals surface area contributed by atoms with Crippen molar-refractivity contribution < 1.29 is 5.11 Å². The van der Waals surface area contributed by atoms with Gasteiger partial charge in [0.2, 0.25) is 0 Å². The summed E-state index contributed by atoms with van der Waals surface area (Å²) in [6.07, 6.45) is 1.46. The highest BCUT2D eigenvalue weighted by Crippen LogP contribution is 2.28. The molecule has 0 aliphatic rings. The molecule has 3 rings (SSSR count). The Balaban J connectivity index is 2.10. The standard InChI is InChI=1S/C18H15ClIN3O2/c1-11-16(21-10-12-8-13(19)9-15(20)17(12)24)18(25)23(22(11)2)14-6-4-3-5-7-14/h3-10,24H,1-2H3. The number of phenolic OH excluding ortho intramolecular Hbond substituents is 1. The molecular weight excluding hydrogens is 453 g/mol. The first-order chi connectivity index (χ1) is 11.9. The van der Waals surface area contributed by atoms with E-state index in [1.165, 1.54) is 6.21 Å². The zero-order valence-corrected chi connectivity index (χ0v) is 16.5. The second-order valence-electron chi connectivity index (χ2n) is 5.49. The molecule has 7 heteroatoms. The summed E-state index contributed by atoms with van der Waals surface area (Å²) in [6, 6.07) is 12.6. The fourth-order valence-corrected chi connectivity index (χ4v) is 3.58. The van der Waals surface area contributed by atoms with Crippen LogP contribution in [0.4, 0.5) is 5.69 Å². The van der Waals surface area contributed by atoms with E-state index in [0.29, 0.717) is 19.8 Å². The van der Waals surface area contributed by atoms with E-state index in [0.717, 1.165) is 11.4 Å². The van der Waals surface area contributed by atoms with E-state index in [1.54, 1.807) is 21.5 Å². The second kappa shape index (κ2) is 7.05. The van der Waals surface area contributed by atoms with Gasteiger partial charge in [0, 0.05) is 23.8 Å². The van der Waals surface area contributed by atoms with Gasteiger partial charge in [-0.2, -0.15) is 0 Å². The summed E-state index contributed by atoms with van der Waals surface area (Å²) >= 11 is 8.02. The van der Waals surface area contributed by atoms with E-state index in [1.807, 2.05) is 66.9 Å². The van der Waals surface area contributed by atoms with Crippen LogP contribution < -0.4 is 5.56 Å². The quantitative estimate of drug-likeness (QED) is 0.464. The molecule has 1 aromatic heterocycles. The smallest absolute Gasteiger partial charge is 0.297 e. The number of para-hydroxylation sites is 1. The summed E-state index contributed by atoms with van der Waals surface area (Å²) in [5, 5.41) is 10.6. The summed E-state index contributed by atoms with van der Waals surface area (Å²) < 4.78 is 3.94. The number of hydrogen-bond acceptors (Lipinski definition) is 3. The number of phenols is 1. The predicted molar refractivity (Wildman–Crippen MR) is 109 cm³/mol. The molecule has 0 radical (unpaired) electrons. The van der Waals surface area contributed by atoms with Crippen LogP contribution in [0, 0.1) is 10.5 Å². The average molecular weight is 468 g/mol. The van der Waals surface area contributed by atoms with Crippen LogP contribution in [0.2, 0.25) is 5.02 Å². The molecule has 128 valence electrons. The van der Waals surface area contributed by atoms with Crippen LogP contribution >= 0.6 is 34.2 Å². The summed E-state index contributed by atoms with van der Waals surface area (Å²) in [5.74, 6) is 0.0886. The molecule has 3 aromatic rings. The molecule has 5 nitrogen and oxygen atoms in total. The maximum absolute atomic E-state index is 12.8. The van der Waals surface area contributed by atoms with Crippen molar-refractivity contribution in [2.24, 2.45) is 12.0 Å². The van der Waals surface area contributed by atoms with Crippen molar-refractivity contribution >= 4 is 46.1 Å². The molecule has 0 amide bonds.